The Morgan fingerprint density at radius 2 is 1.91 bits per heavy atom. The maximum absolute atomic E-state index is 16.5. The third-order valence-corrected chi connectivity index (χ3v) is 8.18. The number of hydrogen-bond donors (Lipinski definition) is 1. The van der Waals surface area contributed by atoms with Crippen molar-refractivity contribution >= 4 is 22.9 Å². The molecule has 0 bridgehead atoms. The monoisotopic (exact) mass is 619 g/mol. The smallest absolute Gasteiger partial charge is 0.410 e. The summed E-state index contributed by atoms with van der Waals surface area (Å²) in [6.07, 6.45) is 2.66. The molecule has 0 radical (unpaired) electrons. The number of phenolic OH excluding ortho intramolecular Hbond substituents is 1. The second-order valence-corrected chi connectivity index (χ2v) is 12.5. The van der Waals surface area contributed by atoms with E-state index >= 15 is 8.78 Å². The molecule has 1 N–H and O–H groups in total. The predicted octanol–water partition coefficient (Wildman–Crippen LogP) is 4.23. The summed E-state index contributed by atoms with van der Waals surface area (Å²) in [5.74, 6) is -2.54. The number of fused-ring (bicyclic) bond motifs is 2. The van der Waals surface area contributed by atoms with E-state index in [0.29, 0.717) is 17.1 Å². The van der Waals surface area contributed by atoms with Gasteiger partial charge in [0.1, 0.15) is 47.0 Å². The van der Waals surface area contributed by atoms with Gasteiger partial charge in [0.2, 0.25) is 0 Å². The number of carbonyl (C=O) groups excluding carboxylic acids is 1. The first kappa shape index (κ1) is 28.9. The lowest BCUT2D eigenvalue weighted by Gasteiger charge is -2.41. The van der Waals surface area contributed by atoms with Gasteiger partial charge in [-0.15, -0.1) is 0 Å². The largest absolute Gasteiger partial charge is 0.507 e. The summed E-state index contributed by atoms with van der Waals surface area (Å²) in [5.41, 5.74) is -1.00. The van der Waals surface area contributed by atoms with Crippen molar-refractivity contribution in [3.63, 3.8) is 0 Å². The normalized spacial score (nSPS) is 18.0. The van der Waals surface area contributed by atoms with Crippen LogP contribution in [-0.4, -0.2) is 78.5 Å². The summed E-state index contributed by atoms with van der Waals surface area (Å²) in [6.45, 7) is 7.61. The van der Waals surface area contributed by atoms with Crippen molar-refractivity contribution in [3.05, 3.63) is 58.0 Å². The molecule has 1 aromatic carbocycles. The van der Waals surface area contributed by atoms with Gasteiger partial charge in [-0.2, -0.15) is 4.98 Å². The maximum Gasteiger partial charge on any atom is 0.410 e. The molecule has 234 valence electrons. The molecule has 5 heterocycles. The van der Waals surface area contributed by atoms with Crippen LogP contribution in [0.2, 0.25) is 0 Å². The van der Waals surface area contributed by atoms with Gasteiger partial charge < -0.3 is 24.4 Å². The van der Waals surface area contributed by atoms with E-state index < -0.39 is 52.1 Å². The average Bonchev–Trinajstić information content (AvgIpc) is 3.83. The predicted molar refractivity (Wildman–Crippen MR) is 159 cm³/mol. The fourth-order valence-corrected chi connectivity index (χ4v) is 6.00. The minimum absolute atomic E-state index is 0.0472. The van der Waals surface area contributed by atoms with Crippen LogP contribution in [0.15, 0.2) is 29.3 Å². The first-order valence-corrected chi connectivity index (χ1v) is 14.8. The van der Waals surface area contributed by atoms with Crippen LogP contribution in [-0.2, 0) is 4.74 Å². The van der Waals surface area contributed by atoms with Crippen molar-refractivity contribution in [2.24, 2.45) is 0 Å². The fourth-order valence-electron chi connectivity index (χ4n) is 6.00. The van der Waals surface area contributed by atoms with Crippen molar-refractivity contribution < 1.29 is 28.2 Å². The van der Waals surface area contributed by atoms with Gasteiger partial charge in [0.05, 0.1) is 28.7 Å². The number of anilines is 1. The number of aryl methyl sites for hydroxylation is 1. The number of ether oxygens (including phenoxy) is 2. The molecule has 1 amide bonds. The summed E-state index contributed by atoms with van der Waals surface area (Å²) in [7, 11) is 0. The Bertz CT molecular complexity index is 1920. The lowest BCUT2D eigenvalue weighted by Crippen LogP contribution is -2.57. The van der Waals surface area contributed by atoms with E-state index in [1.165, 1.54) is 27.9 Å². The molecule has 1 aliphatic carbocycles. The number of carbonyl (C=O) groups is 1. The van der Waals surface area contributed by atoms with Crippen LogP contribution in [0.3, 0.4) is 0 Å². The van der Waals surface area contributed by atoms with Crippen LogP contribution < -0.4 is 15.3 Å². The van der Waals surface area contributed by atoms with Gasteiger partial charge >= 0.3 is 11.8 Å². The number of amides is 1. The SMILES string of the molecule is Cc1ncnc(C2CC2)c1-n1c(=O)nc2c3c(c(F)c(-c4c(O)cccc4F)nc31)OC[C@H]1CN(C(=O)OC(C)(C)C)CCN21. The summed E-state index contributed by atoms with van der Waals surface area (Å²) in [6, 6.07) is 3.06. The van der Waals surface area contributed by atoms with Crippen molar-refractivity contribution in [2.75, 3.05) is 31.1 Å². The molecule has 45 heavy (non-hydrogen) atoms. The molecule has 1 saturated heterocycles. The zero-order chi connectivity index (χ0) is 31.8. The minimum Gasteiger partial charge on any atom is -0.507 e. The Balaban J connectivity index is 1.47. The van der Waals surface area contributed by atoms with E-state index in [1.807, 2.05) is 4.90 Å². The molecule has 2 aliphatic heterocycles. The van der Waals surface area contributed by atoms with Gasteiger partial charge in [0, 0.05) is 25.6 Å². The molecule has 4 aromatic rings. The van der Waals surface area contributed by atoms with E-state index in [9.17, 15) is 14.7 Å². The van der Waals surface area contributed by atoms with Crippen LogP contribution in [0.25, 0.3) is 28.0 Å². The number of rotatable bonds is 3. The van der Waals surface area contributed by atoms with Crippen LogP contribution >= 0.6 is 0 Å². The highest BCUT2D eigenvalue weighted by Crippen LogP contribution is 2.45. The van der Waals surface area contributed by atoms with Crippen LogP contribution in [0.4, 0.5) is 19.4 Å². The van der Waals surface area contributed by atoms with E-state index in [4.69, 9.17) is 9.47 Å². The number of benzene rings is 1. The lowest BCUT2D eigenvalue weighted by atomic mass is 10.1. The Morgan fingerprint density at radius 3 is 2.62 bits per heavy atom. The van der Waals surface area contributed by atoms with E-state index in [2.05, 4.69) is 19.9 Å². The zero-order valence-electron chi connectivity index (χ0n) is 25.2. The molecule has 0 spiro atoms. The van der Waals surface area contributed by atoms with Crippen molar-refractivity contribution in [1.82, 2.24) is 29.4 Å². The molecule has 0 unspecified atom stereocenters. The highest BCUT2D eigenvalue weighted by Gasteiger charge is 2.40. The van der Waals surface area contributed by atoms with E-state index in [0.717, 1.165) is 18.9 Å². The van der Waals surface area contributed by atoms with Crippen molar-refractivity contribution in [1.29, 1.82) is 0 Å². The maximum atomic E-state index is 16.5. The number of hydrogen-bond acceptors (Lipinski definition) is 10. The first-order chi connectivity index (χ1) is 21.4. The van der Waals surface area contributed by atoms with Crippen LogP contribution in [0, 0.1) is 18.6 Å². The number of pyridine rings is 1. The summed E-state index contributed by atoms with van der Waals surface area (Å²) >= 11 is 0. The van der Waals surface area contributed by atoms with Gasteiger partial charge in [0.15, 0.2) is 17.2 Å². The van der Waals surface area contributed by atoms with Gasteiger partial charge in [-0.3, -0.25) is 0 Å². The molecule has 14 heteroatoms. The Kier molecular flexibility index (Phi) is 6.64. The van der Waals surface area contributed by atoms with Crippen LogP contribution in [0.1, 0.15) is 50.9 Å². The second kappa shape index (κ2) is 10.3. The van der Waals surface area contributed by atoms with Crippen molar-refractivity contribution in [3.8, 4) is 28.4 Å². The summed E-state index contributed by atoms with van der Waals surface area (Å²) in [4.78, 5) is 48.1. The lowest BCUT2D eigenvalue weighted by molar-refractivity contribution is 0.0201. The number of piperazine rings is 1. The van der Waals surface area contributed by atoms with Gasteiger partial charge in [-0.1, -0.05) is 6.07 Å². The second-order valence-electron chi connectivity index (χ2n) is 12.5. The van der Waals surface area contributed by atoms with Gasteiger partial charge in [0.25, 0.3) is 0 Å². The number of aromatic nitrogens is 5. The third kappa shape index (κ3) is 4.88. The number of halogens is 2. The number of phenols is 1. The molecule has 7 rings (SSSR count). The highest BCUT2D eigenvalue weighted by molar-refractivity contribution is 5.97. The van der Waals surface area contributed by atoms with Gasteiger partial charge in [-0.05, 0) is 52.7 Å². The fraction of sp³-hybridized carbons (Fsp3) is 0.419. The molecular weight excluding hydrogens is 588 g/mol. The Labute approximate surface area is 256 Å². The molecule has 3 aliphatic rings. The topological polar surface area (TPSA) is 136 Å². The standard InChI is InChI=1S/C31H31F2N7O5/c1-15-25(23(16-8-9-16)35-14-34-15)40-28-21-26(22(33)24(36-28)20-18(32)6-5-7-19(20)41)44-13-17-12-38(30(43)45-31(2,3)4)10-11-39(17)27(21)37-29(40)42/h5-7,14,16-17,41H,8-13H2,1-4H3/t17-/m1/s1. The summed E-state index contributed by atoms with van der Waals surface area (Å²) in [5, 5.41) is 10.7. The Morgan fingerprint density at radius 1 is 1.13 bits per heavy atom. The molecular formula is C31H31F2N7O5. The first-order valence-electron chi connectivity index (χ1n) is 14.8. The van der Waals surface area contributed by atoms with Crippen molar-refractivity contribution in [2.45, 2.75) is 58.1 Å². The molecule has 3 aromatic heterocycles. The zero-order valence-corrected chi connectivity index (χ0v) is 25.2. The third-order valence-electron chi connectivity index (χ3n) is 8.18. The van der Waals surface area contributed by atoms with Gasteiger partial charge in [-0.25, -0.2) is 37.9 Å². The summed E-state index contributed by atoms with van der Waals surface area (Å²) < 4.78 is 44.6. The molecule has 12 nitrogen and oxygen atoms in total. The molecule has 1 saturated carbocycles. The molecule has 1 atom stereocenters. The van der Waals surface area contributed by atoms with E-state index in [1.54, 1.807) is 27.7 Å². The molecule has 2 fully saturated rings. The highest BCUT2D eigenvalue weighted by atomic mass is 19.1. The average molecular weight is 620 g/mol. The quantitative estimate of drug-likeness (QED) is 0.355. The van der Waals surface area contributed by atoms with Crippen LogP contribution in [0.5, 0.6) is 11.5 Å². The minimum atomic E-state index is -1.02. The number of aromatic hydroxyl groups is 1. The number of nitrogens with zero attached hydrogens (tertiary/aromatic N) is 7. The van der Waals surface area contributed by atoms with E-state index in [-0.39, 0.29) is 54.8 Å². The Hall–Kier alpha value is -4.88.